The number of nitrogens with one attached hydrogen (secondary N) is 1. The number of rotatable bonds is 4. The normalized spacial score (nSPS) is 13.2. The highest BCUT2D eigenvalue weighted by Gasteiger charge is 2.07. The van der Waals surface area contributed by atoms with Gasteiger partial charge in [0.2, 0.25) is 0 Å². The summed E-state index contributed by atoms with van der Waals surface area (Å²) in [5.74, 6) is 0. The van der Waals surface area contributed by atoms with Gasteiger partial charge in [-0.15, -0.1) is 0 Å². The zero-order valence-electron chi connectivity index (χ0n) is 9.40. The lowest BCUT2D eigenvalue weighted by Crippen LogP contribution is -2.26. The Hall–Kier alpha value is -1.28. The summed E-state index contributed by atoms with van der Waals surface area (Å²) in [5.41, 5.74) is 2.75. The van der Waals surface area contributed by atoms with E-state index in [9.17, 15) is 0 Å². The Morgan fingerprint density at radius 2 is 2.13 bits per heavy atom. The van der Waals surface area contributed by atoms with E-state index in [1.807, 2.05) is 7.05 Å². The fourth-order valence-corrected chi connectivity index (χ4v) is 2.00. The van der Waals surface area contributed by atoms with Crippen molar-refractivity contribution in [3.8, 4) is 0 Å². The van der Waals surface area contributed by atoms with Crippen LogP contribution < -0.4 is 5.32 Å². The molecule has 2 aromatic rings. The fourth-order valence-electron chi connectivity index (χ4n) is 2.00. The van der Waals surface area contributed by atoms with E-state index in [2.05, 4.69) is 53.3 Å². The molecule has 2 aromatic heterocycles. The molecule has 2 heteroatoms. The molecule has 1 atom stereocenters. The lowest BCUT2D eigenvalue weighted by molar-refractivity contribution is 0.545. The van der Waals surface area contributed by atoms with Crippen molar-refractivity contribution in [1.29, 1.82) is 0 Å². The number of pyridine rings is 1. The minimum absolute atomic E-state index is 0.580. The van der Waals surface area contributed by atoms with E-state index in [4.69, 9.17) is 0 Å². The maximum absolute atomic E-state index is 3.35. The van der Waals surface area contributed by atoms with Crippen LogP contribution in [0.4, 0.5) is 0 Å². The molecule has 0 radical (unpaired) electrons. The molecule has 2 nitrogen and oxygen atoms in total. The van der Waals surface area contributed by atoms with Crippen LogP contribution in [0.2, 0.25) is 0 Å². The summed E-state index contributed by atoms with van der Waals surface area (Å²) in [6.07, 6.45) is 6.50. The molecule has 0 saturated carbocycles. The van der Waals surface area contributed by atoms with Gasteiger partial charge in [0.15, 0.2) is 0 Å². The van der Waals surface area contributed by atoms with Crippen LogP contribution >= 0.6 is 0 Å². The van der Waals surface area contributed by atoms with Gasteiger partial charge in [-0.2, -0.15) is 0 Å². The summed E-state index contributed by atoms with van der Waals surface area (Å²) < 4.78 is 2.18. The van der Waals surface area contributed by atoms with E-state index in [0.717, 1.165) is 6.42 Å². The molecule has 0 aliphatic carbocycles. The van der Waals surface area contributed by atoms with Crippen LogP contribution in [-0.2, 0) is 6.42 Å². The SMILES string of the molecule is CCC(Cc1ccn2ccccc12)NC. The number of fused-ring (bicyclic) bond motifs is 1. The number of likely N-dealkylation sites (N-methyl/N-ethyl adjacent to an activating group) is 1. The smallest absolute Gasteiger partial charge is 0.0482 e. The third kappa shape index (κ3) is 2.05. The van der Waals surface area contributed by atoms with Gasteiger partial charge in [0, 0.05) is 24.0 Å². The van der Waals surface area contributed by atoms with Gasteiger partial charge in [-0.05, 0) is 43.7 Å². The van der Waals surface area contributed by atoms with Crippen molar-refractivity contribution in [3.63, 3.8) is 0 Å². The van der Waals surface area contributed by atoms with Crippen LogP contribution in [0.3, 0.4) is 0 Å². The molecule has 0 amide bonds. The Morgan fingerprint density at radius 3 is 2.87 bits per heavy atom. The molecule has 15 heavy (non-hydrogen) atoms. The summed E-state index contributed by atoms with van der Waals surface area (Å²) in [6, 6.07) is 9.13. The lowest BCUT2D eigenvalue weighted by atomic mass is 10.1. The summed E-state index contributed by atoms with van der Waals surface area (Å²) >= 11 is 0. The molecule has 2 heterocycles. The summed E-state index contributed by atoms with van der Waals surface area (Å²) in [5, 5.41) is 3.35. The van der Waals surface area contributed by atoms with E-state index >= 15 is 0 Å². The van der Waals surface area contributed by atoms with E-state index in [0.29, 0.717) is 6.04 Å². The fraction of sp³-hybridized carbons (Fsp3) is 0.385. The molecular formula is C13H18N2. The molecule has 1 unspecified atom stereocenters. The molecule has 0 aliphatic rings. The Labute approximate surface area is 90.9 Å². The van der Waals surface area contributed by atoms with E-state index in [1.54, 1.807) is 0 Å². The largest absolute Gasteiger partial charge is 0.324 e. The standard InChI is InChI=1S/C13H18N2/c1-3-12(14-2)10-11-7-9-15-8-5-4-6-13(11)15/h4-9,12,14H,3,10H2,1-2H3. The molecule has 1 N–H and O–H groups in total. The number of nitrogens with zero attached hydrogens (tertiary/aromatic N) is 1. The Kier molecular flexibility index (Phi) is 3.07. The molecule has 80 valence electrons. The van der Waals surface area contributed by atoms with Crippen molar-refractivity contribution in [1.82, 2.24) is 9.72 Å². The molecule has 0 aromatic carbocycles. The molecule has 0 spiro atoms. The van der Waals surface area contributed by atoms with Crippen molar-refractivity contribution in [2.24, 2.45) is 0 Å². The molecule has 0 bridgehead atoms. The van der Waals surface area contributed by atoms with Crippen molar-refractivity contribution in [3.05, 3.63) is 42.2 Å². The average molecular weight is 202 g/mol. The van der Waals surface area contributed by atoms with Crippen LogP contribution in [0.25, 0.3) is 5.52 Å². The topological polar surface area (TPSA) is 16.4 Å². The Bertz CT molecular complexity index is 427. The quantitative estimate of drug-likeness (QED) is 0.805. The monoisotopic (exact) mass is 202 g/mol. The second kappa shape index (κ2) is 4.49. The molecule has 2 rings (SSSR count). The predicted octanol–water partition coefficient (Wildman–Crippen LogP) is 2.48. The van der Waals surface area contributed by atoms with Crippen molar-refractivity contribution < 1.29 is 0 Å². The maximum Gasteiger partial charge on any atom is 0.0482 e. The van der Waals surface area contributed by atoms with Crippen LogP contribution in [0.5, 0.6) is 0 Å². The number of aromatic nitrogens is 1. The second-order valence-electron chi connectivity index (χ2n) is 3.93. The van der Waals surface area contributed by atoms with Gasteiger partial charge < -0.3 is 9.72 Å². The number of hydrogen-bond acceptors (Lipinski definition) is 1. The third-order valence-electron chi connectivity index (χ3n) is 3.02. The van der Waals surface area contributed by atoms with Gasteiger partial charge in [0.25, 0.3) is 0 Å². The van der Waals surface area contributed by atoms with Gasteiger partial charge in [0.1, 0.15) is 0 Å². The van der Waals surface area contributed by atoms with Crippen LogP contribution in [0.15, 0.2) is 36.7 Å². The highest BCUT2D eigenvalue weighted by molar-refractivity contribution is 5.55. The van der Waals surface area contributed by atoms with Gasteiger partial charge in [-0.3, -0.25) is 0 Å². The molecule has 0 aliphatic heterocycles. The average Bonchev–Trinajstić information content (AvgIpc) is 2.69. The first kappa shape index (κ1) is 10.2. The minimum atomic E-state index is 0.580. The predicted molar refractivity (Wildman–Crippen MR) is 64.2 cm³/mol. The van der Waals surface area contributed by atoms with E-state index in [1.165, 1.54) is 17.5 Å². The minimum Gasteiger partial charge on any atom is -0.324 e. The summed E-state index contributed by atoms with van der Waals surface area (Å²) in [7, 11) is 2.03. The number of hydrogen-bond donors (Lipinski definition) is 1. The van der Waals surface area contributed by atoms with Crippen LogP contribution in [0, 0.1) is 0 Å². The first-order chi connectivity index (χ1) is 7.35. The first-order valence-electron chi connectivity index (χ1n) is 5.57. The van der Waals surface area contributed by atoms with E-state index < -0.39 is 0 Å². The Morgan fingerprint density at radius 1 is 1.27 bits per heavy atom. The molecule has 0 fully saturated rings. The van der Waals surface area contributed by atoms with Crippen molar-refractivity contribution in [2.45, 2.75) is 25.8 Å². The zero-order valence-corrected chi connectivity index (χ0v) is 9.40. The van der Waals surface area contributed by atoms with Gasteiger partial charge >= 0.3 is 0 Å². The third-order valence-corrected chi connectivity index (χ3v) is 3.02. The first-order valence-corrected chi connectivity index (χ1v) is 5.57. The maximum atomic E-state index is 3.35. The summed E-state index contributed by atoms with van der Waals surface area (Å²) in [4.78, 5) is 0. The highest BCUT2D eigenvalue weighted by Crippen LogP contribution is 2.15. The second-order valence-corrected chi connectivity index (χ2v) is 3.93. The van der Waals surface area contributed by atoms with Gasteiger partial charge in [-0.25, -0.2) is 0 Å². The van der Waals surface area contributed by atoms with Crippen molar-refractivity contribution in [2.75, 3.05) is 7.05 Å². The van der Waals surface area contributed by atoms with Crippen LogP contribution in [-0.4, -0.2) is 17.5 Å². The molecule has 0 saturated heterocycles. The van der Waals surface area contributed by atoms with Crippen molar-refractivity contribution >= 4 is 5.52 Å². The highest BCUT2D eigenvalue weighted by atomic mass is 14.9. The zero-order chi connectivity index (χ0) is 10.7. The van der Waals surface area contributed by atoms with Gasteiger partial charge in [-0.1, -0.05) is 13.0 Å². The Balaban J connectivity index is 2.28. The lowest BCUT2D eigenvalue weighted by Gasteiger charge is -2.12. The molecular weight excluding hydrogens is 184 g/mol. The van der Waals surface area contributed by atoms with Gasteiger partial charge in [0.05, 0.1) is 0 Å². The van der Waals surface area contributed by atoms with E-state index in [-0.39, 0.29) is 0 Å². The van der Waals surface area contributed by atoms with Crippen LogP contribution in [0.1, 0.15) is 18.9 Å². The summed E-state index contributed by atoms with van der Waals surface area (Å²) in [6.45, 7) is 2.22.